The van der Waals surface area contributed by atoms with Crippen molar-refractivity contribution in [2.24, 2.45) is 0 Å². The zero-order valence-electron chi connectivity index (χ0n) is 4.50. The van der Waals surface area contributed by atoms with Crippen LogP contribution in [0, 0.1) is 11.3 Å². The van der Waals surface area contributed by atoms with E-state index in [1.807, 2.05) is 0 Å². The van der Waals surface area contributed by atoms with Crippen LogP contribution in [0.4, 0.5) is 28.2 Å². The van der Waals surface area contributed by atoms with Crippen molar-refractivity contribution in [3.8, 4) is 6.07 Å². The van der Waals surface area contributed by atoms with Crippen LogP contribution in [-0.2, 0) is 0 Å². The van der Waals surface area contributed by atoms with E-state index in [2.05, 4.69) is 0 Å². The van der Waals surface area contributed by atoms with Gasteiger partial charge in [-0.1, -0.05) is 19.4 Å². The molecule has 0 aliphatic heterocycles. The first-order valence-corrected chi connectivity index (χ1v) is 3.78. The molecule has 0 fully saturated rings. The van der Waals surface area contributed by atoms with Gasteiger partial charge < -0.3 is 0 Å². The Hall–Kier alpha value is -0.650. The van der Waals surface area contributed by atoms with E-state index in [9.17, 15) is 28.2 Å². The maximum Gasteiger partial charge on any atom is 0.468 e. The topological polar surface area (TPSA) is 23.8 Å². The highest BCUT2D eigenvalue weighted by Gasteiger charge is 2.84. The van der Waals surface area contributed by atoms with Gasteiger partial charge in [-0.15, -0.1) is 0 Å². The second kappa shape index (κ2) is 1.43. The van der Waals surface area contributed by atoms with Crippen LogP contribution in [0.5, 0.6) is 0 Å². The molecule has 0 amide bonds. The van der Waals surface area contributed by atoms with Gasteiger partial charge in [0.15, 0.2) is 6.07 Å². The van der Waals surface area contributed by atoms with Crippen LogP contribution in [0.1, 0.15) is 0 Å². The summed E-state index contributed by atoms with van der Waals surface area (Å²) in [5, 5.41) is 0.534. The highest BCUT2D eigenvalue weighted by molar-refractivity contribution is 8.46. The van der Waals surface area contributed by atoms with Gasteiger partial charge in [-0.05, 0) is 0 Å². The van der Waals surface area contributed by atoms with Crippen LogP contribution in [0.3, 0.4) is 0 Å². The van der Waals surface area contributed by atoms with Crippen LogP contribution in [0.25, 0.3) is 0 Å². The second-order valence-corrected chi connectivity index (χ2v) is 4.05. The van der Waals surface area contributed by atoms with Crippen molar-refractivity contribution >= 4 is 10.2 Å². The molecule has 0 aliphatic rings. The Labute approximate surface area is 56.1 Å². The molecule has 0 aromatic rings. The lowest BCUT2D eigenvalue weighted by atomic mass is 10.8. The molecule has 0 N–H and O–H groups in total. The summed E-state index contributed by atoms with van der Waals surface area (Å²) in [5.41, 5.74) is 0. The van der Waals surface area contributed by atoms with Gasteiger partial charge in [0.2, 0.25) is 0 Å². The van der Waals surface area contributed by atoms with Crippen LogP contribution < -0.4 is 0 Å². The minimum Gasteiger partial charge on any atom is -0.190 e. The van der Waals surface area contributed by atoms with Gasteiger partial charge in [-0.2, -0.15) is 14.0 Å². The average molecular weight is 203 g/mol. The molecular formula is C2F7NS. The summed E-state index contributed by atoms with van der Waals surface area (Å²) in [6.45, 7) is 0. The fourth-order valence-corrected chi connectivity index (χ4v) is 0.259. The van der Waals surface area contributed by atoms with Gasteiger partial charge in [0, 0.05) is 0 Å². The van der Waals surface area contributed by atoms with Crippen molar-refractivity contribution < 1.29 is 28.2 Å². The summed E-state index contributed by atoms with van der Waals surface area (Å²) >= 11 is 0. The van der Waals surface area contributed by atoms with Crippen molar-refractivity contribution in [1.29, 1.82) is 5.26 Å². The highest BCUT2D eigenvalue weighted by atomic mass is 32.5. The van der Waals surface area contributed by atoms with E-state index in [0.717, 1.165) is 0 Å². The van der Waals surface area contributed by atoms with Gasteiger partial charge in [0.05, 0.1) is 0 Å². The van der Waals surface area contributed by atoms with Crippen LogP contribution in [0.15, 0.2) is 0 Å². The molecule has 0 rings (SSSR count). The summed E-state index contributed by atoms with van der Waals surface area (Å²) in [7, 11) is -11.0. The predicted molar refractivity (Wildman–Crippen MR) is 23.7 cm³/mol. The maximum absolute atomic E-state index is 11.2. The number of nitriles is 1. The SMILES string of the molecule is N#CC(F)(F)S(F)(F)(F)(F)F. The minimum absolute atomic E-state index is 0.794. The van der Waals surface area contributed by atoms with Crippen molar-refractivity contribution in [3.05, 3.63) is 0 Å². The molecule has 0 bridgehead atoms. The zero-order chi connectivity index (χ0) is 9.62. The van der Waals surface area contributed by atoms with Crippen LogP contribution >= 0.6 is 10.2 Å². The lowest BCUT2D eigenvalue weighted by Crippen LogP contribution is -2.30. The molecule has 9 heteroatoms. The molecule has 68 valence electrons. The van der Waals surface area contributed by atoms with Crippen molar-refractivity contribution in [1.82, 2.24) is 0 Å². The number of hydrogen-bond acceptors (Lipinski definition) is 1. The number of rotatable bonds is 1. The highest BCUT2D eigenvalue weighted by Crippen LogP contribution is 3.04. The summed E-state index contributed by atoms with van der Waals surface area (Å²) in [4.78, 5) is 0. The standard InChI is InChI=1S/C2F7NS/c3-2(4,1-10)11(5,6,7,8)9. The lowest BCUT2D eigenvalue weighted by Gasteiger charge is -2.42. The van der Waals surface area contributed by atoms with Gasteiger partial charge >= 0.3 is 15.5 Å². The maximum atomic E-state index is 11.2. The molecule has 0 heterocycles. The van der Waals surface area contributed by atoms with Gasteiger partial charge in [-0.3, -0.25) is 0 Å². The Morgan fingerprint density at radius 3 is 1.27 bits per heavy atom. The van der Waals surface area contributed by atoms with E-state index in [1.54, 1.807) is 0 Å². The first kappa shape index (κ1) is 10.3. The number of nitrogens with zero attached hydrogens (tertiary/aromatic N) is 1. The lowest BCUT2D eigenvalue weighted by molar-refractivity contribution is 0.0938. The summed E-state index contributed by atoms with van der Waals surface area (Å²) in [5.74, 6) is 0. The number of halogens is 7. The molecule has 0 aromatic carbocycles. The molecule has 1 nitrogen and oxygen atoms in total. The number of hydrogen-bond donors (Lipinski definition) is 0. The van der Waals surface area contributed by atoms with E-state index in [-0.39, 0.29) is 0 Å². The molecule has 0 unspecified atom stereocenters. The first-order chi connectivity index (χ1) is 4.31. The quantitative estimate of drug-likeness (QED) is 0.599. The monoisotopic (exact) mass is 203 g/mol. The molecule has 0 atom stereocenters. The minimum atomic E-state index is -11.0. The van der Waals surface area contributed by atoms with E-state index in [1.165, 1.54) is 0 Å². The summed E-state index contributed by atoms with van der Waals surface area (Å²) in [6, 6.07) is -0.794. The average Bonchev–Trinajstić information content (AvgIpc) is 1.58. The Bertz CT molecular complexity index is 215. The Morgan fingerprint density at radius 1 is 1.00 bits per heavy atom. The van der Waals surface area contributed by atoms with E-state index < -0.39 is 21.5 Å². The van der Waals surface area contributed by atoms with Crippen molar-refractivity contribution in [2.45, 2.75) is 5.25 Å². The molecule has 0 radical (unpaired) electrons. The van der Waals surface area contributed by atoms with Crippen molar-refractivity contribution in [3.63, 3.8) is 0 Å². The second-order valence-electron chi connectivity index (χ2n) is 1.60. The smallest absolute Gasteiger partial charge is 0.190 e. The molecule has 11 heavy (non-hydrogen) atoms. The molecule has 0 spiro atoms. The zero-order valence-corrected chi connectivity index (χ0v) is 5.32. The van der Waals surface area contributed by atoms with Gasteiger partial charge in [0.25, 0.3) is 0 Å². The van der Waals surface area contributed by atoms with E-state index >= 15 is 0 Å². The van der Waals surface area contributed by atoms with E-state index in [4.69, 9.17) is 5.26 Å². The third kappa shape index (κ3) is 1.68. The third-order valence-corrected chi connectivity index (χ3v) is 1.67. The van der Waals surface area contributed by atoms with Crippen LogP contribution in [-0.4, -0.2) is 5.25 Å². The molecule has 0 aliphatic carbocycles. The van der Waals surface area contributed by atoms with Gasteiger partial charge in [-0.25, -0.2) is 0 Å². The van der Waals surface area contributed by atoms with Gasteiger partial charge in [0.1, 0.15) is 0 Å². The summed E-state index contributed by atoms with van der Waals surface area (Å²) < 4.78 is 77.6. The molecule has 0 saturated heterocycles. The molecule has 0 aromatic heterocycles. The normalized spacial score (nSPS) is 19.8. The fraction of sp³-hybridized carbons (Fsp3) is 0.500. The predicted octanol–water partition coefficient (Wildman–Crippen LogP) is 3.40. The molecular weight excluding hydrogens is 203 g/mol. The van der Waals surface area contributed by atoms with Crippen molar-refractivity contribution in [2.75, 3.05) is 0 Å². The Morgan fingerprint density at radius 2 is 1.27 bits per heavy atom. The Kier molecular flexibility index (Phi) is 1.35. The molecule has 0 saturated carbocycles. The summed E-state index contributed by atoms with van der Waals surface area (Å²) in [6.07, 6.45) is 0. The largest absolute Gasteiger partial charge is 0.468 e. The fourth-order valence-electron chi connectivity index (χ4n) is 0.0863. The first-order valence-electron chi connectivity index (χ1n) is 1.83. The van der Waals surface area contributed by atoms with Crippen LogP contribution in [0.2, 0.25) is 0 Å². The number of alkyl halides is 2. The van der Waals surface area contributed by atoms with E-state index in [0.29, 0.717) is 0 Å². The Balaban J connectivity index is 5.40. The third-order valence-electron chi connectivity index (χ3n) is 0.615.